The Labute approximate surface area is 220 Å². The van der Waals surface area contributed by atoms with Crippen LogP contribution in [0.1, 0.15) is 61.5 Å². The summed E-state index contributed by atoms with van der Waals surface area (Å²) in [5, 5.41) is 3.05. The zero-order valence-corrected chi connectivity index (χ0v) is 22.4. The molecule has 1 aromatic heterocycles. The third-order valence-electron chi connectivity index (χ3n) is 6.70. The van der Waals surface area contributed by atoms with E-state index < -0.39 is 0 Å². The molecule has 0 atom stereocenters. The van der Waals surface area contributed by atoms with Gasteiger partial charge in [-0.05, 0) is 60.6 Å². The van der Waals surface area contributed by atoms with E-state index in [4.69, 9.17) is 9.72 Å². The second-order valence-electron chi connectivity index (χ2n) is 10.0. The van der Waals surface area contributed by atoms with Gasteiger partial charge in [0.1, 0.15) is 18.2 Å². The van der Waals surface area contributed by atoms with E-state index in [0.717, 1.165) is 60.4 Å². The molecule has 3 aromatic carbocycles. The first kappa shape index (κ1) is 26.5. The van der Waals surface area contributed by atoms with Crippen molar-refractivity contribution in [2.75, 3.05) is 13.2 Å². The van der Waals surface area contributed by atoms with Crippen molar-refractivity contribution in [2.45, 2.75) is 65.3 Å². The minimum absolute atomic E-state index is 0.0854. The van der Waals surface area contributed by atoms with E-state index in [1.165, 1.54) is 11.1 Å². The van der Waals surface area contributed by atoms with Crippen molar-refractivity contribution in [2.24, 2.45) is 0 Å². The van der Waals surface area contributed by atoms with Gasteiger partial charge < -0.3 is 14.6 Å². The van der Waals surface area contributed by atoms with Crippen molar-refractivity contribution in [1.29, 1.82) is 0 Å². The van der Waals surface area contributed by atoms with Crippen LogP contribution in [0.3, 0.4) is 0 Å². The number of nitrogens with zero attached hydrogens (tertiary/aromatic N) is 2. The van der Waals surface area contributed by atoms with Gasteiger partial charge in [0.25, 0.3) is 0 Å². The van der Waals surface area contributed by atoms with Crippen LogP contribution in [-0.4, -0.2) is 28.6 Å². The standard InChI is InChI=1S/C32H39N3O2/c1-24(2)27-18-17-25(3)22-30(27)37-21-20-35-29-15-10-9-14-28(29)34-31(35)16-8-5-11-19-33-32(36)23-26-12-6-4-7-13-26/h4,6-7,9-10,12-15,17-18,22,24H,5,8,11,16,19-21,23H2,1-3H3,(H,33,36). The van der Waals surface area contributed by atoms with Gasteiger partial charge in [0, 0.05) is 13.0 Å². The molecule has 0 aliphatic heterocycles. The predicted molar refractivity (Wildman–Crippen MR) is 151 cm³/mol. The van der Waals surface area contributed by atoms with Crippen LogP contribution in [0.15, 0.2) is 72.8 Å². The number of aromatic nitrogens is 2. The minimum atomic E-state index is 0.0854. The highest BCUT2D eigenvalue weighted by Crippen LogP contribution is 2.27. The van der Waals surface area contributed by atoms with E-state index in [9.17, 15) is 4.79 Å². The fraction of sp³-hybridized carbons (Fsp3) is 0.375. The number of unbranched alkanes of at least 4 members (excludes halogenated alkanes) is 2. The Balaban J connectivity index is 1.28. The molecule has 194 valence electrons. The molecule has 0 radical (unpaired) electrons. The molecule has 0 fully saturated rings. The van der Waals surface area contributed by atoms with Gasteiger partial charge in [-0.15, -0.1) is 0 Å². The molecule has 4 rings (SSSR count). The first-order valence-electron chi connectivity index (χ1n) is 13.5. The number of carbonyl (C=O) groups is 1. The maximum absolute atomic E-state index is 12.2. The lowest BCUT2D eigenvalue weighted by Gasteiger charge is -2.16. The number of amides is 1. The molecule has 0 saturated heterocycles. The molecular formula is C32H39N3O2. The lowest BCUT2D eigenvalue weighted by Crippen LogP contribution is -2.26. The Bertz CT molecular complexity index is 1290. The average molecular weight is 498 g/mol. The number of imidazole rings is 1. The molecule has 4 aromatic rings. The summed E-state index contributed by atoms with van der Waals surface area (Å²) in [6.45, 7) is 8.58. The summed E-state index contributed by atoms with van der Waals surface area (Å²) in [5.41, 5.74) is 5.69. The number of carbonyl (C=O) groups excluding carboxylic acids is 1. The summed E-state index contributed by atoms with van der Waals surface area (Å²) in [5.74, 6) is 2.59. The third-order valence-corrected chi connectivity index (χ3v) is 6.70. The van der Waals surface area contributed by atoms with Crippen molar-refractivity contribution in [3.8, 4) is 5.75 Å². The van der Waals surface area contributed by atoms with Gasteiger partial charge in [-0.25, -0.2) is 4.98 Å². The Hall–Kier alpha value is -3.60. The Morgan fingerprint density at radius 2 is 1.76 bits per heavy atom. The third kappa shape index (κ3) is 7.45. The summed E-state index contributed by atoms with van der Waals surface area (Å²) in [6, 6.07) is 24.7. The van der Waals surface area contributed by atoms with Crippen molar-refractivity contribution in [3.63, 3.8) is 0 Å². The van der Waals surface area contributed by atoms with Gasteiger partial charge in [0.15, 0.2) is 0 Å². The van der Waals surface area contributed by atoms with E-state index in [-0.39, 0.29) is 5.91 Å². The molecule has 1 heterocycles. The quantitative estimate of drug-likeness (QED) is 0.211. The minimum Gasteiger partial charge on any atom is -0.491 e. The maximum Gasteiger partial charge on any atom is 0.224 e. The summed E-state index contributed by atoms with van der Waals surface area (Å²) >= 11 is 0. The fourth-order valence-corrected chi connectivity index (χ4v) is 4.71. The normalized spacial score (nSPS) is 11.2. The number of fused-ring (bicyclic) bond motifs is 1. The Morgan fingerprint density at radius 3 is 2.57 bits per heavy atom. The van der Waals surface area contributed by atoms with Crippen molar-refractivity contribution >= 4 is 16.9 Å². The number of rotatable bonds is 13. The van der Waals surface area contributed by atoms with Gasteiger partial charge in [0.2, 0.25) is 5.91 Å². The van der Waals surface area contributed by atoms with Crippen LogP contribution in [0, 0.1) is 6.92 Å². The van der Waals surface area contributed by atoms with Crippen LogP contribution in [0.25, 0.3) is 11.0 Å². The number of hydrogen-bond acceptors (Lipinski definition) is 3. The number of ether oxygens (including phenoxy) is 1. The van der Waals surface area contributed by atoms with Crippen LogP contribution >= 0.6 is 0 Å². The van der Waals surface area contributed by atoms with Crippen LogP contribution in [0.5, 0.6) is 5.75 Å². The van der Waals surface area contributed by atoms with Crippen molar-refractivity contribution < 1.29 is 9.53 Å². The highest BCUT2D eigenvalue weighted by Gasteiger charge is 2.12. The molecule has 0 aliphatic carbocycles. The van der Waals surface area contributed by atoms with Gasteiger partial charge >= 0.3 is 0 Å². The maximum atomic E-state index is 12.2. The molecule has 0 aliphatic rings. The fourth-order valence-electron chi connectivity index (χ4n) is 4.71. The van der Waals surface area contributed by atoms with E-state index in [1.807, 2.05) is 36.4 Å². The molecular weight excluding hydrogens is 458 g/mol. The molecule has 5 nitrogen and oxygen atoms in total. The largest absolute Gasteiger partial charge is 0.491 e. The summed E-state index contributed by atoms with van der Waals surface area (Å²) in [6.07, 6.45) is 4.40. The van der Waals surface area contributed by atoms with Crippen molar-refractivity contribution in [1.82, 2.24) is 14.9 Å². The zero-order chi connectivity index (χ0) is 26.0. The molecule has 5 heteroatoms. The van der Waals surface area contributed by atoms with E-state index in [2.05, 4.69) is 67.1 Å². The number of aryl methyl sites for hydroxylation is 2. The van der Waals surface area contributed by atoms with E-state index in [0.29, 0.717) is 25.5 Å². The van der Waals surface area contributed by atoms with Crippen LogP contribution in [0.4, 0.5) is 0 Å². The highest BCUT2D eigenvalue weighted by atomic mass is 16.5. The van der Waals surface area contributed by atoms with Gasteiger partial charge in [-0.3, -0.25) is 4.79 Å². The van der Waals surface area contributed by atoms with E-state index >= 15 is 0 Å². The smallest absolute Gasteiger partial charge is 0.224 e. The molecule has 37 heavy (non-hydrogen) atoms. The summed E-state index contributed by atoms with van der Waals surface area (Å²) < 4.78 is 8.60. The molecule has 0 bridgehead atoms. The molecule has 0 unspecified atom stereocenters. The molecule has 0 spiro atoms. The second kappa shape index (κ2) is 13.1. The lowest BCUT2D eigenvalue weighted by atomic mass is 10.0. The second-order valence-corrected chi connectivity index (χ2v) is 10.0. The van der Waals surface area contributed by atoms with Gasteiger partial charge in [-0.2, -0.15) is 0 Å². The SMILES string of the molecule is Cc1ccc(C(C)C)c(OCCn2c(CCCCCNC(=O)Cc3ccccc3)nc3ccccc32)c1. The first-order chi connectivity index (χ1) is 18.0. The number of para-hydroxylation sites is 2. The van der Waals surface area contributed by atoms with Crippen LogP contribution < -0.4 is 10.1 Å². The van der Waals surface area contributed by atoms with Crippen LogP contribution in [-0.2, 0) is 24.2 Å². The number of nitrogens with one attached hydrogen (secondary N) is 1. The highest BCUT2D eigenvalue weighted by molar-refractivity contribution is 5.78. The average Bonchev–Trinajstić information content (AvgIpc) is 3.24. The van der Waals surface area contributed by atoms with Crippen molar-refractivity contribution in [3.05, 3.63) is 95.3 Å². The molecule has 1 amide bonds. The molecule has 0 saturated carbocycles. The van der Waals surface area contributed by atoms with Gasteiger partial charge in [0.05, 0.1) is 24.0 Å². The van der Waals surface area contributed by atoms with Gasteiger partial charge in [-0.1, -0.05) is 74.9 Å². The first-order valence-corrected chi connectivity index (χ1v) is 13.5. The Kier molecular flexibility index (Phi) is 9.36. The number of benzene rings is 3. The monoisotopic (exact) mass is 497 g/mol. The summed E-state index contributed by atoms with van der Waals surface area (Å²) in [7, 11) is 0. The molecule has 1 N–H and O–H groups in total. The topological polar surface area (TPSA) is 56.1 Å². The summed E-state index contributed by atoms with van der Waals surface area (Å²) in [4.78, 5) is 17.1. The van der Waals surface area contributed by atoms with E-state index in [1.54, 1.807) is 0 Å². The lowest BCUT2D eigenvalue weighted by molar-refractivity contribution is -0.120. The van der Waals surface area contributed by atoms with Crippen LogP contribution in [0.2, 0.25) is 0 Å². The number of hydrogen-bond donors (Lipinski definition) is 1. The zero-order valence-electron chi connectivity index (χ0n) is 22.4. The Morgan fingerprint density at radius 1 is 0.973 bits per heavy atom. The predicted octanol–water partition coefficient (Wildman–Crippen LogP) is 6.62.